The Balaban J connectivity index is 1.44. The van der Waals surface area contributed by atoms with Crippen molar-refractivity contribution in [1.29, 1.82) is 0 Å². The number of nitrogens with one attached hydrogen (secondary N) is 1. The molecule has 1 N–H and O–H groups in total. The highest BCUT2D eigenvalue weighted by Crippen LogP contribution is 2.39. The molecule has 34 heavy (non-hydrogen) atoms. The van der Waals surface area contributed by atoms with Gasteiger partial charge in [0.05, 0.1) is 11.7 Å². The SMILES string of the molecule is O=C1NC(=NC2CCCCC2)C2(CCN(Cc3ccc(F)cc3)CC2)N1c1cc(F)cc(F)c1. The summed E-state index contributed by atoms with van der Waals surface area (Å²) in [6.45, 7) is 2.01. The Morgan fingerprint density at radius 2 is 1.56 bits per heavy atom. The van der Waals surface area contributed by atoms with E-state index < -0.39 is 23.2 Å². The number of hydrogen-bond acceptors (Lipinski definition) is 3. The summed E-state index contributed by atoms with van der Waals surface area (Å²) >= 11 is 0. The van der Waals surface area contributed by atoms with Gasteiger partial charge >= 0.3 is 6.03 Å². The van der Waals surface area contributed by atoms with Crippen LogP contribution in [0.25, 0.3) is 0 Å². The van der Waals surface area contributed by atoms with E-state index in [4.69, 9.17) is 4.99 Å². The highest BCUT2D eigenvalue weighted by Gasteiger charge is 2.53. The van der Waals surface area contributed by atoms with Gasteiger partial charge in [0.25, 0.3) is 0 Å². The molecule has 2 saturated heterocycles. The molecular weight excluding hydrogens is 441 g/mol. The van der Waals surface area contributed by atoms with Gasteiger partial charge in [-0.1, -0.05) is 31.4 Å². The van der Waals surface area contributed by atoms with E-state index in [2.05, 4.69) is 10.2 Å². The molecule has 3 aliphatic rings. The summed E-state index contributed by atoms with van der Waals surface area (Å²) in [6.07, 6.45) is 6.57. The fourth-order valence-electron chi connectivity index (χ4n) is 5.54. The Kier molecular flexibility index (Phi) is 6.34. The summed E-state index contributed by atoms with van der Waals surface area (Å²) in [6, 6.07) is 9.44. The van der Waals surface area contributed by atoms with Crippen molar-refractivity contribution in [1.82, 2.24) is 10.2 Å². The molecule has 1 aliphatic carbocycles. The van der Waals surface area contributed by atoms with Crippen LogP contribution in [0.3, 0.4) is 0 Å². The van der Waals surface area contributed by atoms with Gasteiger partial charge in [0.1, 0.15) is 28.8 Å². The van der Waals surface area contributed by atoms with Crippen molar-refractivity contribution in [2.24, 2.45) is 4.99 Å². The smallest absolute Gasteiger partial charge is 0.299 e. The molecule has 8 heteroatoms. The lowest BCUT2D eigenvalue weighted by atomic mass is 9.84. The van der Waals surface area contributed by atoms with Gasteiger partial charge in [-0.05, 0) is 55.5 Å². The number of rotatable bonds is 4. The van der Waals surface area contributed by atoms with Crippen LogP contribution in [-0.2, 0) is 6.54 Å². The molecule has 0 bridgehead atoms. The van der Waals surface area contributed by atoms with Crippen LogP contribution in [0.15, 0.2) is 47.5 Å². The summed E-state index contributed by atoms with van der Waals surface area (Å²) in [4.78, 5) is 21.9. The van der Waals surface area contributed by atoms with Gasteiger partial charge in [-0.3, -0.25) is 20.1 Å². The first-order valence-electron chi connectivity index (χ1n) is 12.1. The Morgan fingerprint density at radius 1 is 0.912 bits per heavy atom. The summed E-state index contributed by atoms with van der Waals surface area (Å²) in [5, 5.41) is 2.95. The fourth-order valence-corrected chi connectivity index (χ4v) is 5.54. The quantitative estimate of drug-likeness (QED) is 0.651. The maximum Gasteiger partial charge on any atom is 0.328 e. The number of carbonyl (C=O) groups is 1. The number of amides is 2. The largest absolute Gasteiger partial charge is 0.328 e. The van der Waals surface area contributed by atoms with Crippen LogP contribution >= 0.6 is 0 Å². The minimum absolute atomic E-state index is 0.155. The number of anilines is 1. The molecule has 0 atom stereocenters. The van der Waals surface area contributed by atoms with Crippen molar-refractivity contribution < 1.29 is 18.0 Å². The molecule has 0 radical (unpaired) electrons. The van der Waals surface area contributed by atoms with E-state index in [1.807, 2.05) is 0 Å². The third-order valence-electron chi connectivity index (χ3n) is 7.29. The number of likely N-dealkylation sites (tertiary alicyclic amines) is 1. The lowest BCUT2D eigenvalue weighted by Gasteiger charge is -2.44. The normalized spacial score (nSPS) is 22.5. The number of urea groups is 1. The highest BCUT2D eigenvalue weighted by atomic mass is 19.1. The minimum Gasteiger partial charge on any atom is -0.299 e. The number of halogens is 3. The van der Waals surface area contributed by atoms with Gasteiger partial charge in [-0.15, -0.1) is 0 Å². The second-order valence-electron chi connectivity index (χ2n) is 9.60. The molecule has 0 aromatic heterocycles. The van der Waals surface area contributed by atoms with Gasteiger partial charge < -0.3 is 0 Å². The van der Waals surface area contributed by atoms with Crippen molar-refractivity contribution >= 4 is 17.6 Å². The molecule has 2 heterocycles. The fraction of sp³-hybridized carbons (Fsp3) is 0.462. The third kappa shape index (κ3) is 4.56. The summed E-state index contributed by atoms with van der Waals surface area (Å²) < 4.78 is 41.5. The van der Waals surface area contributed by atoms with Crippen molar-refractivity contribution in [2.45, 2.75) is 63.1 Å². The van der Waals surface area contributed by atoms with Crippen molar-refractivity contribution in [3.8, 4) is 0 Å². The van der Waals surface area contributed by atoms with Crippen LogP contribution in [-0.4, -0.2) is 41.4 Å². The number of piperidine rings is 1. The van der Waals surface area contributed by atoms with Crippen molar-refractivity contribution in [3.63, 3.8) is 0 Å². The van der Waals surface area contributed by atoms with Gasteiger partial charge in [-0.2, -0.15) is 0 Å². The molecule has 1 saturated carbocycles. The molecule has 2 amide bonds. The van der Waals surface area contributed by atoms with Crippen LogP contribution in [0.4, 0.5) is 23.7 Å². The molecule has 2 aromatic carbocycles. The van der Waals surface area contributed by atoms with Crippen molar-refractivity contribution in [2.75, 3.05) is 18.0 Å². The van der Waals surface area contributed by atoms with E-state index >= 15 is 0 Å². The van der Waals surface area contributed by atoms with Crippen LogP contribution in [0.1, 0.15) is 50.5 Å². The first kappa shape index (κ1) is 22.9. The average molecular weight is 471 g/mol. The van der Waals surface area contributed by atoms with E-state index in [0.717, 1.165) is 37.3 Å². The summed E-state index contributed by atoms with van der Waals surface area (Å²) in [5.41, 5.74) is 0.447. The Morgan fingerprint density at radius 3 is 2.21 bits per heavy atom. The minimum atomic E-state index is -0.770. The van der Waals surface area contributed by atoms with Gasteiger partial charge in [0.2, 0.25) is 0 Å². The number of aliphatic imine (C=N–C) groups is 1. The number of hydrogen-bond donors (Lipinski definition) is 1. The molecule has 0 unspecified atom stereocenters. The first-order chi connectivity index (χ1) is 16.4. The third-order valence-corrected chi connectivity index (χ3v) is 7.29. The molecule has 2 aliphatic heterocycles. The molecule has 2 aromatic rings. The predicted molar refractivity (Wildman–Crippen MR) is 125 cm³/mol. The summed E-state index contributed by atoms with van der Waals surface area (Å²) in [7, 11) is 0. The van der Waals surface area contributed by atoms with Crippen LogP contribution in [0, 0.1) is 17.5 Å². The number of benzene rings is 2. The molecule has 5 rings (SSSR count). The van der Waals surface area contributed by atoms with Crippen molar-refractivity contribution in [3.05, 3.63) is 65.5 Å². The second kappa shape index (κ2) is 9.41. The number of carbonyl (C=O) groups excluding carboxylic acids is 1. The zero-order chi connectivity index (χ0) is 23.7. The van der Waals surface area contributed by atoms with Gasteiger partial charge in [0, 0.05) is 25.7 Å². The van der Waals surface area contributed by atoms with Crippen LogP contribution in [0.5, 0.6) is 0 Å². The van der Waals surface area contributed by atoms with E-state index in [-0.39, 0.29) is 17.5 Å². The maximum absolute atomic E-state index is 14.1. The number of amidine groups is 1. The van der Waals surface area contributed by atoms with E-state index in [0.29, 0.717) is 38.3 Å². The van der Waals surface area contributed by atoms with E-state index in [9.17, 15) is 18.0 Å². The zero-order valence-corrected chi connectivity index (χ0v) is 19.1. The Bertz CT molecular complexity index is 1050. The van der Waals surface area contributed by atoms with Gasteiger partial charge in [0.15, 0.2) is 0 Å². The zero-order valence-electron chi connectivity index (χ0n) is 19.1. The molecule has 3 fully saturated rings. The second-order valence-corrected chi connectivity index (χ2v) is 9.60. The number of nitrogens with zero attached hydrogens (tertiary/aromatic N) is 3. The first-order valence-corrected chi connectivity index (χ1v) is 12.1. The topological polar surface area (TPSA) is 47.9 Å². The Hall–Kier alpha value is -2.87. The Labute approximate surface area is 197 Å². The maximum atomic E-state index is 14.1. The monoisotopic (exact) mass is 470 g/mol. The molecular formula is C26H29F3N4O. The lowest BCUT2D eigenvalue weighted by Crippen LogP contribution is -2.57. The lowest BCUT2D eigenvalue weighted by molar-refractivity contribution is 0.184. The van der Waals surface area contributed by atoms with Crippen LogP contribution in [0.2, 0.25) is 0 Å². The summed E-state index contributed by atoms with van der Waals surface area (Å²) in [5.74, 6) is -1.08. The van der Waals surface area contributed by atoms with E-state index in [1.54, 1.807) is 12.1 Å². The van der Waals surface area contributed by atoms with E-state index in [1.165, 1.54) is 35.6 Å². The van der Waals surface area contributed by atoms with Crippen LogP contribution < -0.4 is 10.2 Å². The molecule has 5 nitrogen and oxygen atoms in total. The molecule has 1 spiro atoms. The molecule has 180 valence electrons. The average Bonchev–Trinajstić information content (AvgIpc) is 3.07. The standard InChI is InChI=1S/C26H29F3N4O/c27-19-8-6-18(7-9-19)17-32-12-10-26(11-13-32)24(30-22-4-2-1-3-5-22)31-25(34)33(26)23-15-20(28)14-21(29)16-23/h6-9,14-16,22H,1-5,10-13,17H2,(H,30,31,34). The predicted octanol–water partition coefficient (Wildman–Crippen LogP) is 5.40. The highest BCUT2D eigenvalue weighted by molar-refractivity contribution is 6.19. The van der Waals surface area contributed by atoms with Gasteiger partial charge in [-0.25, -0.2) is 18.0 Å².